The predicted octanol–water partition coefficient (Wildman–Crippen LogP) is 5.93. The Bertz CT molecular complexity index is 1960. The number of anilines is 1. The maximum absolute atomic E-state index is 15.1. The zero-order chi connectivity index (χ0) is 35.7. The van der Waals surface area contributed by atoms with Gasteiger partial charge in [-0.2, -0.15) is 4.98 Å². The van der Waals surface area contributed by atoms with Crippen molar-refractivity contribution in [2.45, 2.75) is 31.1 Å². The Morgan fingerprint density at radius 1 is 1.10 bits per heavy atom. The molecule has 49 heavy (non-hydrogen) atoms. The quantitative estimate of drug-likeness (QED) is 0.0774. The third-order valence-corrected chi connectivity index (χ3v) is 9.79. The molecule has 0 spiro atoms. The summed E-state index contributed by atoms with van der Waals surface area (Å²) in [6, 6.07) is 11.9. The van der Waals surface area contributed by atoms with Crippen molar-refractivity contribution >= 4 is 19.3 Å². The van der Waals surface area contributed by atoms with E-state index in [0.29, 0.717) is 10.1 Å². The van der Waals surface area contributed by atoms with E-state index in [9.17, 15) is 33.4 Å². The molecule has 3 N–H and O–H groups in total. The van der Waals surface area contributed by atoms with Crippen LogP contribution in [0.2, 0.25) is 0 Å². The number of aromatic nitrogens is 2. The minimum Gasteiger partial charge on any atom is -0.450 e. The molecule has 13 nitrogen and oxygen atoms in total. The standard InChI is InChI=1S/C31H30F4N5O8P/c1-38(2)49(45,47-17-20-14-27(31(34,35)29(20)41)39-12-11-28(36)37-30(39)42)46-16-18-3-10-25(40(43)44)26(13-18)48-22-8-9-23(24(33)15-22)19-4-6-21(32)7-5-19/h3-13,15,20,27,29,41H,14,16-17H2,1-2H3,(H2,36,37,42). The van der Waals surface area contributed by atoms with Crippen LogP contribution in [0.25, 0.3) is 11.1 Å². The van der Waals surface area contributed by atoms with E-state index >= 15 is 8.78 Å². The minimum atomic E-state index is -4.21. The maximum atomic E-state index is 15.1. The van der Waals surface area contributed by atoms with E-state index < -0.39 is 79.3 Å². The molecule has 0 bridgehead atoms. The molecular formula is C31H30F4N5O8P. The molecule has 0 amide bonds. The Morgan fingerprint density at radius 3 is 2.45 bits per heavy atom. The summed E-state index contributed by atoms with van der Waals surface area (Å²) in [6.07, 6.45) is -1.64. The molecular weight excluding hydrogens is 677 g/mol. The molecule has 4 atom stereocenters. The highest BCUT2D eigenvalue weighted by molar-refractivity contribution is 7.51. The van der Waals surface area contributed by atoms with Gasteiger partial charge in [-0.3, -0.25) is 23.7 Å². The first-order chi connectivity index (χ1) is 23.1. The number of nitro groups is 1. The number of aliphatic hydroxyl groups excluding tert-OH is 1. The first-order valence-corrected chi connectivity index (χ1v) is 16.1. The van der Waals surface area contributed by atoms with Crippen molar-refractivity contribution in [3.63, 3.8) is 0 Å². The summed E-state index contributed by atoms with van der Waals surface area (Å²) in [5.41, 5.74) is 4.71. The minimum absolute atomic E-state index is 0.0888. The van der Waals surface area contributed by atoms with Crippen LogP contribution in [0.15, 0.2) is 77.7 Å². The van der Waals surface area contributed by atoms with Gasteiger partial charge in [0, 0.05) is 29.8 Å². The van der Waals surface area contributed by atoms with Crippen molar-refractivity contribution in [1.29, 1.82) is 0 Å². The fourth-order valence-electron chi connectivity index (χ4n) is 5.25. The van der Waals surface area contributed by atoms with Crippen LogP contribution >= 0.6 is 7.75 Å². The predicted molar refractivity (Wildman–Crippen MR) is 168 cm³/mol. The summed E-state index contributed by atoms with van der Waals surface area (Å²) in [4.78, 5) is 26.7. The molecule has 1 aliphatic rings. The molecule has 0 saturated heterocycles. The number of rotatable bonds is 12. The van der Waals surface area contributed by atoms with Gasteiger partial charge in [-0.1, -0.05) is 12.1 Å². The zero-order valence-corrected chi connectivity index (χ0v) is 26.8. The zero-order valence-electron chi connectivity index (χ0n) is 25.9. The molecule has 4 unspecified atom stereocenters. The smallest absolute Gasteiger partial charge is 0.407 e. The second-order valence-electron chi connectivity index (χ2n) is 11.4. The number of halogens is 4. The highest BCUT2D eigenvalue weighted by Crippen LogP contribution is 2.54. The largest absolute Gasteiger partial charge is 0.450 e. The van der Waals surface area contributed by atoms with Gasteiger partial charge in [-0.15, -0.1) is 0 Å². The number of nitrogen functional groups attached to an aromatic ring is 1. The molecule has 1 heterocycles. The molecule has 1 aromatic heterocycles. The van der Waals surface area contributed by atoms with Gasteiger partial charge in [-0.25, -0.2) is 31.6 Å². The van der Waals surface area contributed by atoms with Gasteiger partial charge in [0.1, 0.15) is 35.3 Å². The molecule has 4 aromatic rings. The van der Waals surface area contributed by atoms with E-state index in [0.717, 1.165) is 23.0 Å². The molecule has 260 valence electrons. The van der Waals surface area contributed by atoms with E-state index in [2.05, 4.69) is 4.98 Å². The Kier molecular flexibility index (Phi) is 10.2. The molecule has 1 fully saturated rings. The molecule has 1 aliphatic carbocycles. The monoisotopic (exact) mass is 707 g/mol. The number of nitrogens with zero attached hydrogens (tertiary/aromatic N) is 4. The Morgan fingerprint density at radius 2 is 1.82 bits per heavy atom. The van der Waals surface area contributed by atoms with Gasteiger partial charge in [-0.05, 0) is 74.1 Å². The second-order valence-corrected chi connectivity index (χ2v) is 13.6. The number of nitrogens with two attached hydrogens (primary N) is 1. The first-order valence-electron chi connectivity index (χ1n) is 14.6. The fraction of sp³-hybridized carbons (Fsp3) is 0.290. The summed E-state index contributed by atoms with van der Waals surface area (Å²) in [5, 5.41) is 22.1. The maximum Gasteiger partial charge on any atom is 0.407 e. The number of aliphatic hydroxyl groups is 1. The lowest BCUT2D eigenvalue weighted by Gasteiger charge is -2.26. The van der Waals surface area contributed by atoms with Crippen molar-refractivity contribution in [2.24, 2.45) is 5.92 Å². The van der Waals surface area contributed by atoms with Gasteiger partial charge in [0.05, 0.1) is 18.1 Å². The third kappa shape index (κ3) is 7.66. The summed E-state index contributed by atoms with van der Waals surface area (Å²) in [5.74, 6) is -6.81. The molecule has 3 aromatic carbocycles. The van der Waals surface area contributed by atoms with Gasteiger partial charge in [0.25, 0.3) is 5.92 Å². The van der Waals surface area contributed by atoms with Crippen LogP contribution in [0.4, 0.5) is 29.1 Å². The summed E-state index contributed by atoms with van der Waals surface area (Å²) >= 11 is 0. The number of ether oxygens (including phenoxy) is 1. The number of hydrogen-bond donors (Lipinski definition) is 2. The molecule has 0 radical (unpaired) electrons. The third-order valence-electron chi connectivity index (χ3n) is 7.88. The highest BCUT2D eigenvalue weighted by atomic mass is 31.2. The average molecular weight is 708 g/mol. The number of alkyl halides is 2. The number of nitro benzene ring substituents is 1. The van der Waals surface area contributed by atoms with Gasteiger partial charge in [0.15, 0.2) is 0 Å². The van der Waals surface area contributed by atoms with Gasteiger partial charge >= 0.3 is 19.1 Å². The lowest BCUT2D eigenvalue weighted by molar-refractivity contribution is -0.385. The van der Waals surface area contributed by atoms with Crippen LogP contribution in [0.3, 0.4) is 0 Å². The normalized spacial score (nSPS) is 19.9. The van der Waals surface area contributed by atoms with Crippen molar-refractivity contribution in [1.82, 2.24) is 14.2 Å². The van der Waals surface area contributed by atoms with E-state index in [1.807, 2.05) is 0 Å². The van der Waals surface area contributed by atoms with E-state index in [1.54, 1.807) is 0 Å². The van der Waals surface area contributed by atoms with Gasteiger partial charge in [0.2, 0.25) is 5.75 Å². The molecule has 1 saturated carbocycles. The van der Waals surface area contributed by atoms with Crippen molar-refractivity contribution in [3.8, 4) is 22.6 Å². The molecule has 5 rings (SSSR count). The Balaban J connectivity index is 1.29. The molecule has 0 aliphatic heterocycles. The Labute approximate surface area is 276 Å². The number of hydrogen-bond acceptors (Lipinski definition) is 10. The van der Waals surface area contributed by atoms with Crippen LogP contribution in [0.5, 0.6) is 11.5 Å². The van der Waals surface area contributed by atoms with Crippen molar-refractivity contribution in [2.75, 3.05) is 26.4 Å². The summed E-state index contributed by atoms with van der Waals surface area (Å²) < 4.78 is 90.4. The van der Waals surface area contributed by atoms with Gasteiger partial charge < -0.3 is 15.6 Å². The summed E-state index contributed by atoms with van der Waals surface area (Å²) in [6.45, 7) is -1.10. The topological polar surface area (TPSA) is 172 Å². The van der Waals surface area contributed by atoms with Crippen LogP contribution in [-0.4, -0.2) is 57.0 Å². The van der Waals surface area contributed by atoms with Crippen LogP contribution < -0.4 is 16.2 Å². The van der Waals surface area contributed by atoms with Crippen LogP contribution in [0, 0.1) is 27.7 Å². The van der Waals surface area contributed by atoms with E-state index in [-0.39, 0.29) is 28.4 Å². The highest BCUT2D eigenvalue weighted by Gasteiger charge is 2.58. The SMILES string of the molecule is CN(C)P(=O)(OCc1ccc([N+](=O)[O-])c(Oc2ccc(-c3ccc(F)cc3)c(F)c2)c1)OCC1CC(n2ccc(N)nc2=O)C(F)(F)C1O. The Hall–Kier alpha value is -4.67. The van der Waals surface area contributed by atoms with Crippen LogP contribution in [-0.2, 0) is 20.2 Å². The number of benzene rings is 3. The second kappa shape index (κ2) is 14.1. The van der Waals surface area contributed by atoms with Crippen molar-refractivity contribution in [3.05, 3.63) is 111 Å². The van der Waals surface area contributed by atoms with Crippen LogP contribution in [0.1, 0.15) is 18.0 Å². The lowest BCUT2D eigenvalue weighted by atomic mass is 10.0. The van der Waals surface area contributed by atoms with Crippen molar-refractivity contribution < 1.29 is 45.9 Å². The van der Waals surface area contributed by atoms with E-state index in [1.165, 1.54) is 68.7 Å². The lowest BCUT2D eigenvalue weighted by Crippen LogP contribution is -2.40. The van der Waals surface area contributed by atoms with E-state index in [4.69, 9.17) is 19.5 Å². The first kappa shape index (κ1) is 35.6. The summed E-state index contributed by atoms with van der Waals surface area (Å²) in [7, 11) is -1.52. The fourth-order valence-corrected chi connectivity index (χ4v) is 6.48. The molecule has 18 heteroatoms. The average Bonchev–Trinajstić information content (AvgIpc) is 3.26.